The van der Waals surface area contributed by atoms with Crippen LogP contribution >= 0.6 is 0 Å². The van der Waals surface area contributed by atoms with Crippen molar-refractivity contribution in [3.05, 3.63) is 0 Å². The van der Waals surface area contributed by atoms with E-state index in [1.54, 1.807) is 0 Å². The van der Waals surface area contributed by atoms with Crippen LogP contribution in [0.25, 0.3) is 0 Å². The van der Waals surface area contributed by atoms with Gasteiger partial charge in [0.05, 0.1) is 25.7 Å². The number of rotatable bonds is 9. The number of amides is 1. The zero-order chi connectivity index (χ0) is 26.2. The smallest absolute Gasteiger partial charge is 0.379 e. The average molecular weight is 489 g/mol. The second-order valence-corrected chi connectivity index (χ2v) is 7.81. The molecule has 1 aliphatic rings. The highest BCUT2D eigenvalue weighted by molar-refractivity contribution is 5.82. The lowest BCUT2D eigenvalue weighted by molar-refractivity contribution is -0.297. The molecule has 0 aliphatic carbocycles. The zero-order valence-corrected chi connectivity index (χ0v) is 20.2. The Labute approximate surface area is 196 Å². The number of methoxy groups -OCH3 is 1. The van der Waals surface area contributed by atoms with Crippen molar-refractivity contribution in [1.29, 1.82) is 0 Å². The minimum atomic E-state index is -2.34. The van der Waals surface area contributed by atoms with Gasteiger partial charge in [-0.3, -0.25) is 24.0 Å². The van der Waals surface area contributed by atoms with Crippen molar-refractivity contribution in [1.82, 2.24) is 5.32 Å². The lowest BCUT2D eigenvalue weighted by Gasteiger charge is -2.48. The predicted octanol–water partition coefficient (Wildman–Crippen LogP) is -0.225. The van der Waals surface area contributed by atoms with Crippen molar-refractivity contribution in [2.45, 2.75) is 78.1 Å². The fourth-order valence-corrected chi connectivity index (χ4v) is 3.66. The van der Waals surface area contributed by atoms with E-state index < -0.39 is 78.2 Å². The van der Waals surface area contributed by atoms with E-state index in [4.69, 9.17) is 28.4 Å². The largest absolute Gasteiger partial charge is 0.464 e. The van der Waals surface area contributed by atoms with Crippen LogP contribution in [0.15, 0.2) is 0 Å². The maximum absolute atomic E-state index is 12.7. The molecule has 1 saturated heterocycles. The van der Waals surface area contributed by atoms with Gasteiger partial charge in [0.1, 0.15) is 18.8 Å². The third-order valence-corrected chi connectivity index (χ3v) is 4.92. The number of hydrogen-bond donors (Lipinski definition) is 1. The summed E-state index contributed by atoms with van der Waals surface area (Å²) in [4.78, 5) is 71.4. The van der Waals surface area contributed by atoms with Crippen LogP contribution in [0, 0.1) is 5.92 Å². The molecule has 1 amide bonds. The molecule has 0 aromatic rings. The van der Waals surface area contributed by atoms with E-state index in [-0.39, 0.29) is 6.61 Å². The summed E-state index contributed by atoms with van der Waals surface area (Å²) in [6, 6.07) is -1.07. The maximum Gasteiger partial charge on any atom is 0.379 e. The molecule has 34 heavy (non-hydrogen) atoms. The second kappa shape index (κ2) is 12.3. The van der Waals surface area contributed by atoms with Crippen molar-refractivity contribution in [3.8, 4) is 0 Å². The Morgan fingerprint density at radius 3 is 2.03 bits per heavy atom. The summed E-state index contributed by atoms with van der Waals surface area (Å²) in [7, 11) is 1.04. The van der Waals surface area contributed by atoms with Gasteiger partial charge in [-0.1, -0.05) is 6.92 Å². The highest BCUT2D eigenvalue weighted by atomic mass is 16.8. The SMILES string of the molecule is COC(=O)[C@@]1(OC(C)=O)C[C@H](OC(C)=O)[C@@H](NC(C)=O)[C@H]([C@H](C)[C@@H](COC(C)=O)OC(C)=O)O1. The summed E-state index contributed by atoms with van der Waals surface area (Å²) in [5.74, 6) is -7.83. The van der Waals surface area contributed by atoms with Gasteiger partial charge in [0.25, 0.3) is 0 Å². The van der Waals surface area contributed by atoms with Crippen molar-refractivity contribution in [2.75, 3.05) is 13.7 Å². The van der Waals surface area contributed by atoms with Gasteiger partial charge < -0.3 is 33.7 Å². The van der Waals surface area contributed by atoms with Gasteiger partial charge in [0.15, 0.2) is 0 Å². The van der Waals surface area contributed by atoms with Gasteiger partial charge in [-0.15, -0.1) is 0 Å². The Morgan fingerprint density at radius 2 is 1.59 bits per heavy atom. The number of carbonyl (C=O) groups excluding carboxylic acids is 6. The summed E-state index contributed by atoms with van der Waals surface area (Å²) in [6.45, 7) is 6.82. The summed E-state index contributed by atoms with van der Waals surface area (Å²) in [5, 5.41) is 2.61. The summed E-state index contributed by atoms with van der Waals surface area (Å²) >= 11 is 0. The molecule has 0 aromatic heterocycles. The van der Waals surface area contributed by atoms with Gasteiger partial charge in [-0.25, -0.2) is 4.79 Å². The third-order valence-electron chi connectivity index (χ3n) is 4.92. The van der Waals surface area contributed by atoms with E-state index in [1.807, 2.05) is 0 Å². The number of nitrogens with one attached hydrogen (secondary N) is 1. The Morgan fingerprint density at radius 1 is 0.971 bits per heavy atom. The molecular weight excluding hydrogens is 458 g/mol. The summed E-state index contributed by atoms with van der Waals surface area (Å²) < 4.78 is 31.5. The normalized spacial score (nSPS) is 25.7. The van der Waals surface area contributed by atoms with Crippen LogP contribution in [-0.2, 0) is 57.2 Å². The van der Waals surface area contributed by atoms with E-state index in [0.717, 1.165) is 34.8 Å². The first kappa shape index (κ1) is 28.8. The molecule has 0 saturated carbocycles. The Kier molecular flexibility index (Phi) is 10.4. The molecule has 1 N–H and O–H groups in total. The first-order valence-corrected chi connectivity index (χ1v) is 10.4. The monoisotopic (exact) mass is 489 g/mol. The van der Waals surface area contributed by atoms with Crippen LogP contribution in [0.1, 0.15) is 48.0 Å². The Hall–Kier alpha value is -3.22. The van der Waals surface area contributed by atoms with E-state index in [0.29, 0.717) is 0 Å². The molecule has 0 spiro atoms. The lowest BCUT2D eigenvalue weighted by Crippen LogP contribution is -2.67. The van der Waals surface area contributed by atoms with Crippen molar-refractivity contribution in [3.63, 3.8) is 0 Å². The predicted molar refractivity (Wildman–Crippen MR) is 111 cm³/mol. The number of carbonyl (C=O) groups is 6. The molecule has 192 valence electrons. The molecular formula is C21H31NO12. The minimum absolute atomic E-state index is 0.375. The van der Waals surface area contributed by atoms with Crippen molar-refractivity contribution < 1.29 is 57.2 Å². The van der Waals surface area contributed by atoms with Crippen LogP contribution in [0.3, 0.4) is 0 Å². The minimum Gasteiger partial charge on any atom is -0.464 e. The molecule has 6 atom stereocenters. The van der Waals surface area contributed by atoms with Crippen LogP contribution < -0.4 is 5.32 Å². The maximum atomic E-state index is 12.7. The molecule has 0 bridgehead atoms. The fourth-order valence-electron chi connectivity index (χ4n) is 3.66. The van der Waals surface area contributed by atoms with Gasteiger partial charge >= 0.3 is 35.6 Å². The quantitative estimate of drug-likeness (QED) is 0.334. The van der Waals surface area contributed by atoms with E-state index >= 15 is 0 Å². The number of esters is 5. The van der Waals surface area contributed by atoms with E-state index in [9.17, 15) is 28.8 Å². The van der Waals surface area contributed by atoms with Crippen LogP contribution in [-0.4, -0.2) is 79.6 Å². The first-order chi connectivity index (χ1) is 15.7. The Balaban J connectivity index is 3.59. The van der Waals surface area contributed by atoms with Gasteiger partial charge in [-0.2, -0.15) is 0 Å². The topological polar surface area (TPSA) is 170 Å². The summed E-state index contributed by atoms with van der Waals surface area (Å²) in [5.41, 5.74) is 0. The van der Waals surface area contributed by atoms with Gasteiger partial charge in [0, 0.05) is 40.5 Å². The van der Waals surface area contributed by atoms with Crippen molar-refractivity contribution >= 4 is 35.8 Å². The molecule has 0 aromatic carbocycles. The second-order valence-electron chi connectivity index (χ2n) is 7.81. The first-order valence-electron chi connectivity index (χ1n) is 10.4. The highest BCUT2D eigenvalue weighted by Crippen LogP contribution is 2.38. The lowest BCUT2D eigenvalue weighted by atomic mass is 9.84. The average Bonchev–Trinajstić information content (AvgIpc) is 2.70. The van der Waals surface area contributed by atoms with E-state index in [2.05, 4.69) is 5.32 Å². The molecule has 1 heterocycles. The molecule has 13 heteroatoms. The van der Waals surface area contributed by atoms with Crippen LogP contribution in [0.5, 0.6) is 0 Å². The summed E-state index contributed by atoms with van der Waals surface area (Å²) in [6.07, 6.45) is -4.06. The third kappa shape index (κ3) is 7.97. The number of hydrogen-bond acceptors (Lipinski definition) is 12. The fraction of sp³-hybridized carbons (Fsp3) is 0.714. The van der Waals surface area contributed by atoms with Crippen LogP contribution in [0.4, 0.5) is 0 Å². The van der Waals surface area contributed by atoms with Gasteiger partial charge in [0.2, 0.25) is 5.91 Å². The molecule has 1 aliphatic heterocycles. The van der Waals surface area contributed by atoms with Crippen LogP contribution in [0.2, 0.25) is 0 Å². The Bertz CT molecular complexity index is 812. The number of ether oxygens (including phenoxy) is 6. The molecule has 13 nitrogen and oxygen atoms in total. The molecule has 0 unspecified atom stereocenters. The zero-order valence-electron chi connectivity index (χ0n) is 20.2. The van der Waals surface area contributed by atoms with Crippen molar-refractivity contribution in [2.24, 2.45) is 5.92 Å². The molecule has 0 radical (unpaired) electrons. The molecule has 1 rings (SSSR count). The van der Waals surface area contributed by atoms with E-state index in [1.165, 1.54) is 13.8 Å². The standard InChI is InChI=1S/C21H31NO12/c1-10(17(32-14(5)26)9-30-12(3)24)19-18(22-11(2)23)16(31-13(4)25)8-21(34-19,20(28)29-7)33-15(6)27/h10,16-19H,8-9H2,1-7H3,(H,22,23)/t10-,16+,17-,18-,19+,21-/m1/s1. The molecule has 1 fully saturated rings. The highest BCUT2D eigenvalue weighted by Gasteiger charge is 2.58. The van der Waals surface area contributed by atoms with Gasteiger partial charge in [-0.05, 0) is 0 Å².